The number of rotatable bonds is 3. The van der Waals surface area contributed by atoms with E-state index in [0.29, 0.717) is 6.42 Å². The second-order valence-corrected chi connectivity index (χ2v) is 6.11. The quantitative estimate of drug-likeness (QED) is 0.853. The molecule has 1 aromatic carbocycles. The molecule has 0 atom stereocenters. The smallest absolute Gasteiger partial charge is 0.132 e. The number of para-hydroxylation sites is 2. The number of aliphatic imine (C=N–C) groups is 2. The van der Waals surface area contributed by atoms with Gasteiger partial charge >= 0.3 is 0 Å². The van der Waals surface area contributed by atoms with Crippen LogP contribution in [-0.2, 0) is 17.7 Å². The van der Waals surface area contributed by atoms with E-state index < -0.39 is 0 Å². The van der Waals surface area contributed by atoms with Crippen LogP contribution < -0.4 is 0 Å². The molecule has 25 heavy (non-hydrogen) atoms. The van der Waals surface area contributed by atoms with Crippen LogP contribution in [0.5, 0.6) is 0 Å². The average Bonchev–Trinajstić information content (AvgIpc) is 3.00. The molecule has 2 aliphatic rings. The van der Waals surface area contributed by atoms with E-state index >= 15 is 0 Å². The van der Waals surface area contributed by atoms with Crippen molar-refractivity contribution in [1.29, 1.82) is 5.26 Å². The lowest BCUT2D eigenvalue weighted by Gasteiger charge is -2.30. The van der Waals surface area contributed by atoms with Gasteiger partial charge in [-0.1, -0.05) is 12.1 Å². The van der Waals surface area contributed by atoms with Gasteiger partial charge in [-0.3, -0.25) is 4.99 Å². The summed E-state index contributed by atoms with van der Waals surface area (Å²) in [5.74, 6) is 2.73. The number of nitrogens with zero attached hydrogens (tertiary/aromatic N) is 6. The van der Waals surface area contributed by atoms with Crippen LogP contribution >= 0.6 is 0 Å². The van der Waals surface area contributed by atoms with Gasteiger partial charge in [0.05, 0.1) is 36.7 Å². The van der Waals surface area contributed by atoms with E-state index in [4.69, 9.17) is 20.0 Å². The highest BCUT2D eigenvalue weighted by Gasteiger charge is 2.20. The van der Waals surface area contributed by atoms with E-state index in [0.717, 1.165) is 67.8 Å². The van der Waals surface area contributed by atoms with Crippen molar-refractivity contribution in [3.8, 4) is 6.07 Å². The first-order valence-electron chi connectivity index (χ1n) is 8.60. The summed E-state index contributed by atoms with van der Waals surface area (Å²) >= 11 is 0. The molecule has 0 radical (unpaired) electrons. The number of nitriles is 1. The standard InChI is InChI=1S/C18H20N6O/c19-6-8-24-15-4-2-1-3-14(15)21-18(24)13-16-20-7-5-17(22-16)23-9-11-25-12-10-23/h1-4H,5,7-13H2. The highest BCUT2D eigenvalue weighted by atomic mass is 16.5. The zero-order valence-electron chi connectivity index (χ0n) is 14.1. The summed E-state index contributed by atoms with van der Waals surface area (Å²) in [7, 11) is 0. The van der Waals surface area contributed by atoms with Gasteiger partial charge in [-0.05, 0) is 12.1 Å². The van der Waals surface area contributed by atoms with Crippen LogP contribution in [0.25, 0.3) is 11.0 Å². The molecule has 128 valence electrons. The molecule has 0 N–H and O–H groups in total. The van der Waals surface area contributed by atoms with Crippen molar-refractivity contribution in [2.75, 3.05) is 32.8 Å². The van der Waals surface area contributed by atoms with E-state index in [1.165, 1.54) is 0 Å². The summed E-state index contributed by atoms with van der Waals surface area (Å²) in [6, 6.07) is 10.1. The largest absolute Gasteiger partial charge is 0.378 e. The van der Waals surface area contributed by atoms with Gasteiger partial charge in [0.2, 0.25) is 0 Å². The van der Waals surface area contributed by atoms with E-state index in [2.05, 4.69) is 16.0 Å². The summed E-state index contributed by atoms with van der Waals surface area (Å²) < 4.78 is 7.37. The topological polar surface area (TPSA) is 78.8 Å². The lowest BCUT2D eigenvalue weighted by atomic mass is 10.2. The van der Waals surface area contributed by atoms with E-state index in [9.17, 15) is 0 Å². The molecule has 1 saturated heterocycles. The normalized spacial score (nSPS) is 18.0. The summed E-state index contributed by atoms with van der Waals surface area (Å²) in [4.78, 5) is 16.3. The van der Waals surface area contributed by atoms with Gasteiger partial charge in [-0.25, -0.2) is 9.98 Å². The Morgan fingerprint density at radius 2 is 2.04 bits per heavy atom. The van der Waals surface area contributed by atoms with Crippen LogP contribution in [0.2, 0.25) is 0 Å². The predicted octanol–water partition coefficient (Wildman–Crippen LogP) is 1.64. The maximum atomic E-state index is 9.17. The van der Waals surface area contributed by atoms with Gasteiger partial charge in [-0.15, -0.1) is 0 Å². The molecule has 0 aliphatic carbocycles. The number of fused-ring (bicyclic) bond motifs is 1. The third kappa shape index (κ3) is 3.26. The molecular formula is C18H20N6O. The van der Waals surface area contributed by atoms with E-state index in [1.807, 2.05) is 28.8 Å². The zero-order valence-corrected chi connectivity index (χ0v) is 14.1. The van der Waals surface area contributed by atoms with Crippen LogP contribution in [-0.4, -0.2) is 59.0 Å². The van der Waals surface area contributed by atoms with Crippen LogP contribution in [0.3, 0.4) is 0 Å². The minimum Gasteiger partial charge on any atom is -0.378 e. The molecule has 2 aliphatic heterocycles. The first-order chi connectivity index (χ1) is 12.3. The number of ether oxygens (including phenoxy) is 1. The molecule has 0 amide bonds. The van der Waals surface area contributed by atoms with Crippen molar-refractivity contribution in [1.82, 2.24) is 14.5 Å². The van der Waals surface area contributed by atoms with Gasteiger partial charge in [0, 0.05) is 26.1 Å². The molecule has 3 heterocycles. The minimum atomic E-state index is 0.281. The second kappa shape index (κ2) is 7.03. The lowest BCUT2D eigenvalue weighted by molar-refractivity contribution is 0.0672. The SMILES string of the molecule is N#CCn1c(CC2=NCCC(N3CCOCC3)=N2)nc2ccccc21. The highest BCUT2D eigenvalue weighted by Crippen LogP contribution is 2.18. The molecule has 0 unspecified atom stereocenters. The van der Waals surface area contributed by atoms with Crippen molar-refractivity contribution in [3.63, 3.8) is 0 Å². The Kier molecular flexibility index (Phi) is 4.44. The van der Waals surface area contributed by atoms with Gasteiger partial charge in [0.25, 0.3) is 0 Å². The molecule has 2 aromatic rings. The molecule has 7 nitrogen and oxygen atoms in total. The predicted molar refractivity (Wildman–Crippen MR) is 95.8 cm³/mol. The molecule has 7 heteroatoms. The minimum absolute atomic E-state index is 0.281. The number of morpholine rings is 1. The Labute approximate surface area is 146 Å². The highest BCUT2D eigenvalue weighted by molar-refractivity contribution is 5.99. The van der Waals surface area contributed by atoms with Crippen LogP contribution in [0.15, 0.2) is 34.3 Å². The summed E-state index contributed by atoms with van der Waals surface area (Å²) in [5.41, 5.74) is 1.88. The van der Waals surface area contributed by atoms with Crippen LogP contribution in [0.4, 0.5) is 0 Å². The number of hydrogen-bond donors (Lipinski definition) is 0. The van der Waals surface area contributed by atoms with Crippen molar-refractivity contribution in [2.45, 2.75) is 19.4 Å². The third-order valence-electron chi connectivity index (χ3n) is 4.54. The molecule has 0 bridgehead atoms. The Hall–Kier alpha value is -2.72. The first-order valence-corrected chi connectivity index (χ1v) is 8.60. The average molecular weight is 336 g/mol. The Balaban J connectivity index is 1.60. The van der Waals surface area contributed by atoms with Crippen LogP contribution in [0, 0.1) is 11.3 Å². The van der Waals surface area contributed by atoms with Gasteiger partial charge in [0.1, 0.15) is 24.0 Å². The summed E-state index contributed by atoms with van der Waals surface area (Å²) in [6.07, 6.45) is 1.42. The fourth-order valence-electron chi connectivity index (χ4n) is 3.32. The molecular weight excluding hydrogens is 316 g/mol. The lowest BCUT2D eigenvalue weighted by Crippen LogP contribution is -2.42. The Bertz CT molecular complexity index is 869. The molecule has 0 spiro atoms. The Morgan fingerprint density at radius 1 is 1.20 bits per heavy atom. The zero-order chi connectivity index (χ0) is 17.1. The van der Waals surface area contributed by atoms with Crippen molar-refractivity contribution >= 4 is 22.7 Å². The first kappa shape index (κ1) is 15.8. The summed E-state index contributed by atoms with van der Waals surface area (Å²) in [5, 5.41) is 9.17. The summed E-state index contributed by atoms with van der Waals surface area (Å²) in [6.45, 7) is 4.32. The fourth-order valence-corrected chi connectivity index (χ4v) is 3.32. The van der Waals surface area contributed by atoms with Gasteiger partial charge in [0.15, 0.2) is 0 Å². The molecule has 0 saturated carbocycles. The van der Waals surface area contributed by atoms with E-state index in [-0.39, 0.29) is 6.54 Å². The number of benzene rings is 1. The number of aromatic nitrogens is 2. The van der Waals surface area contributed by atoms with Gasteiger partial charge in [-0.2, -0.15) is 5.26 Å². The maximum Gasteiger partial charge on any atom is 0.132 e. The third-order valence-corrected chi connectivity index (χ3v) is 4.54. The van der Waals surface area contributed by atoms with Crippen molar-refractivity contribution in [3.05, 3.63) is 30.1 Å². The van der Waals surface area contributed by atoms with Crippen molar-refractivity contribution in [2.24, 2.45) is 9.98 Å². The van der Waals surface area contributed by atoms with E-state index in [1.54, 1.807) is 0 Å². The van der Waals surface area contributed by atoms with Crippen molar-refractivity contribution < 1.29 is 4.74 Å². The number of hydrogen-bond acceptors (Lipinski definition) is 6. The molecule has 1 fully saturated rings. The second-order valence-electron chi connectivity index (χ2n) is 6.11. The molecule has 1 aromatic heterocycles. The number of imidazole rings is 1. The monoisotopic (exact) mass is 336 g/mol. The fraction of sp³-hybridized carbons (Fsp3) is 0.444. The Morgan fingerprint density at radius 3 is 2.88 bits per heavy atom. The maximum absolute atomic E-state index is 9.17. The van der Waals surface area contributed by atoms with Gasteiger partial charge < -0.3 is 14.2 Å². The number of amidine groups is 2. The van der Waals surface area contributed by atoms with Crippen LogP contribution in [0.1, 0.15) is 12.2 Å². The molecule has 4 rings (SSSR count).